The summed E-state index contributed by atoms with van der Waals surface area (Å²) in [7, 11) is 0. The van der Waals surface area contributed by atoms with E-state index in [4.69, 9.17) is 0 Å². The zero-order valence-corrected chi connectivity index (χ0v) is 10.8. The molecule has 0 bridgehead atoms. The highest BCUT2D eigenvalue weighted by atomic mass is 15.3. The van der Waals surface area contributed by atoms with Gasteiger partial charge in [-0.15, -0.1) is 0 Å². The van der Waals surface area contributed by atoms with Crippen molar-refractivity contribution in [3.05, 3.63) is 12.4 Å². The van der Waals surface area contributed by atoms with E-state index in [-0.39, 0.29) is 0 Å². The second kappa shape index (κ2) is 4.33. The van der Waals surface area contributed by atoms with Crippen molar-refractivity contribution in [2.45, 2.75) is 45.3 Å². The average Bonchev–Trinajstić information content (AvgIpc) is 2.94. The lowest BCUT2D eigenvalue weighted by Crippen LogP contribution is -2.55. The van der Waals surface area contributed by atoms with Crippen LogP contribution in [0.1, 0.15) is 26.7 Å². The lowest BCUT2D eigenvalue weighted by molar-refractivity contribution is 0.203. The van der Waals surface area contributed by atoms with E-state index in [2.05, 4.69) is 34.9 Å². The molecule has 2 atom stereocenters. The number of anilines is 1. The van der Waals surface area contributed by atoms with E-state index < -0.39 is 0 Å². The van der Waals surface area contributed by atoms with Crippen LogP contribution in [0.15, 0.2) is 12.4 Å². The summed E-state index contributed by atoms with van der Waals surface area (Å²) in [5, 5.41) is 4.39. The molecule has 0 aliphatic carbocycles. The summed E-state index contributed by atoms with van der Waals surface area (Å²) in [5.41, 5.74) is 1.30. The highest BCUT2D eigenvalue weighted by molar-refractivity contribution is 5.44. The first-order valence-corrected chi connectivity index (χ1v) is 6.81. The normalized spacial score (nSPS) is 29.6. The molecule has 17 heavy (non-hydrogen) atoms. The number of rotatable bonds is 2. The van der Waals surface area contributed by atoms with Crippen molar-refractivity contribution >= 4 is 5.69 Å². The maximum atomic E-state index is 4.39. The van der Waals surface area contributed by atoms with E-state index in [1.165, 1.54) is 38.2 Å². The quantitative estimate of drug-likeness (QED) is 0.776. The number of piperazine rings is 1. The summed E-state index contributed by atoms with van der Waals surface area (Å²) in [6.45, 7) is 9.11. The number of hydrogen-bond acceptors (Lipinski definition) is 3. The summed E-state index contributed by atoms with van der Waals surface area (Å²) in [5.74, 6) is 0. The average molecular weight is 234 g/mol. The van der Waals surface area contributed by atoms with Crippen molar-refractivity contribution in [2.24, 2.45) is 0 Å². The van der Waals surface area contributed by atoms with Crippen LogP contribution in [0, 0.1) is 0 Å². The fraction of sp³-hybridized carbons (Fsp3) is 0.769. The molecule has 2 unspecified atom stereocenters. The third-order valence-electron chi connectivity index (χ3n) is 4.21. The van der Waals surface area contributed by atoms with Crippen LogP contribution in [0.2, 0.25) is 0 Å². The third kappa shape index (κ3) is 1.95. The minimum atomic E-state index is 0.610. The Bertz CT molecular complexity index is 387. The van der Waals surface area contributed by atoms with E-state index in [0.29, 0.717) is 6.04 Å². The van der Waals surface area contributed by atoms with Gasteiger partial charge in [0.15, 0.2) is 0 Å². The first-order chi connectivity index (χ1) is 8.28. The van der Waals surface area contributed by atoms with Crippen LogP contribution in [-0.4, -0.2) is 46.4 Å². The molecule has 2 fully saturated rings. The molecule has 0 amide bonds. The summed E-state index contributed by atoms with van der Waals surface area (Å²) in [6.07, 6.45) is 6.94. The van der Waals surface area contributed by atoms with Gasteiger partial charge in [-0.25, -0.2) is 0 Å². The Hall–Kier alpha value is -1.03. The Morgan fingerprint density at radius 2 is 2.29 bits per heavy atom. The van der Waals surface area contributed by atoms with Gasteiger partial charge in [0.1, 0.15) is 0 Å². The van der Waals surface area contributed by atoms with Gasteiger partial charge in [-0.2, -0.15) is 5.10 Å². The van der Waals surface area contributed by atoms with Crippen LogP contribution in [0.25, 0.3) is 0 Å². The summed E-state index contributed by atoms with van der Waals surface area (Å²) < 4.78 is 2.02. The van der Waals surface area contributed by atoms with E-state index >= 15 is 0 Å². The smallest absolute Gasteiger partial charge is 0.0755 e. The molecule has 94 valence electrons. The van der Waals surface area contributed by atoms with E-state index in [1.54, 1.807) is 0 Å². The number of hydrogen-bond donors (Lipinski definition) is 0. The van der Waals surface area contributed by atoms with Gasteiger partial charge in [0, 0.05) is 37.9 Å². The molecule has 2 aliphatic rings. The van der Waals surface area contributed by atoms with Gasteiger partial charge in [0.25, 0.3) is 0 Å². The second-order valence-corrected chi connectivity index (χ2v) is 5.35. The van der Waals surface area contributed by atoms with Gasteiger partial charge >= 0.3 is 0 Å². The summed E-state index contributed by atoms with van der Waals surface area (Å²) in [6, 6.07) is 1.38. The van der Waals surface area contributed by atoms with Crippen molar-refractivity contribution in [1.29, 1.82) is 0 Å². The number of aryl methyl sites for hydroxylation is 1. The summed E-state index contributed by atoms with van der Waals surface area (Å²) in [4.78, 5) is 5.19. The molecule has 1 aromatic heterocycles. The second-order valence-electron chi connectivity index (χ2n) is 5.35. The SMILES string of the molecule is CCn1cc(N2CC3CCCN3CC2C)cn1. The van der Waals surface area contributed by atoms with Crippen molar-refractivity contribution in [3.8, 4) is 0 Å². The van der Waals surface area contributed by atoms with Gasteiger partial charge in [-0.3, -0.25) is 9.58 Å². The molecule has 4 heteroatoms. The molecule has 3 heterocycles. The standard InChI is InChI=1S/C13H22N4/c1-3-16-9-13(7-14-16)17-10-12-5-4-6-15(12)8-11(17)2/h7,9,11-12H,3-6,8,10H2,1-2H3. The van der Waals surface area contributed by atoms with Gasteiger partial charge in [0.2, 0.25) is 0 Å². The van der Waals surface area contributed by atoms with E-state index in [1.807, 2.05) is 10.9 Å². The fourth-order valence-electron chi connectivity index (χ4n) is 3.22. The number of nitrogens with zero attached hydrogens (tertiary/aromatic N) is 4. The first kappa shape index (κ1) is 11.1. The molecule has 0 aromatic carbocycles. The van der Waals surface area contributed by atoms with E-state index in [9.17, 15) is 0 Å². The first-order valence-electron chi connectivity index (χ1n) is 6.81. The van der Waals surface area contributed by atoms with Gasteiger partial charge in [0.05, 0.1) is 11.9 Å². The molecule has 0 radical (unpaired) electrons. The van der Waals surface area contributed by atoms with Crippen LogP contribution in [-0.2, 0) is 6.54 Å². The minimum absolute atomic E-state index is 0.610. The topological polar surface area (TPSA) is 24.3 Å². The lowest BCUT2D eigenvalue weighted by Gasteiger charge is -2.43. The van der Waals surface area contributed by atoms with Gasteiger partial charge < -0.3 is 4.90 Å². The van der Waals surface area contributed by atoms with Crippen LogP contribution >= 0.6 is 0 Å². The van der Waals surface area contributed by atoms with Crippen LogP contribution in [0.5, 0.6) is 0 Å². The highest BCUT2D eigenvalue weighted by Crippen LogP contribution is 2.28. The van der Waals surface area contributed by atoms with Crippen LogP contribution < -0.4 is 4.90 Å². The molecule has 0 saturated carbocycles. The van der Waals surface area contributed by atoms with Crippen molar-refractivity contribution in [3.63, 3.8) is 0 Å². The molecular weight excluding hydrogens is 212 g/mol. The number of aromatic nitrogens is 2. The zero-order chi connectivity index (χ0) is 11.8. The third-order valence-corrected chi connectivity index (χ3v) is 4.21. The molecule has 2 saturated heterocycles. The van der Waals surface area contributed by atoms with E-state index in [0.717, 1.165) is 12.6 Å². The maximum Gasteiger partial charge on any atom is 0.0755 e. The predicted octanol–water partition coefficient (Wildman–Crippen LogP) is 1.58. The Kier molecular flexibility index (Phi) is 2.82. The lowest BCUT2D eigenvalue weighted by atomic mass is 10.1. The fourth-order valence-corrected chi connectivity index (χ4v) is 3.22. The zero-order valence-electron chi connectivity index (χ0n) is 10.8. The molecule has 0 spiro atoms. The van der Waals surface area contributed by atoms with Gasteiger partial charge in [-0.05, 0) is 33.2 Å². The summed E-state index contributed by atoms with van der Waals surface area (Å²) >= 11 is 0. The molecule has 4 nitrogen and oxygen atoms in total. The number of fused-ring (bicyclic) bond motifs is 1. The molecular formula is C13H22N4. The molecule has 2 aliphatic heterocycles. The predicted molar refractivity (Wildman–Crippen MR) is 69.3 cm³/mol. The van der Waals surface area contributed by atoms with Crippen molar-refractivity contribution < 1.29 is 0 Å². The molecule has 1 aromatic rings. The van der Waals surface area contributed by atoms with Gasteiger partial charge in [-0.1, -0.05) is 0 Å². The Morgan fingerprint density at radius 1 is 1.41 bits per heavy atom. The Balaban J connectivity index is 1.77. The Morgan fingerprint density at radius 3 is 3.06 bits per heavy atom. The van der Waals surface area contributed by atoms with Crippen molar-refractivity contribution in [1.82, 2.24) is 14.7 Å². The molecule has 0 N–H and O–H groups in total. The van der Waals surface area contributed by atoms with Crippen molar-refractivity contribution in [2.75, 3.05) is 24.5 Å². The maximum absolute atomic E-state index is 4.39. The highest BCUT2D eigenvalue weighted by Gasteiger charge is 2.34. The van der Waals surface area contributed by atoms with Crippen LogP contribution in [0.4, 0.5) is 5.69 Å². The largest absolute Gasteiger partial charge is 0.363 e. The Labute approximate surface area is 103 Å². The molecule has 3 rings (SSSR count). The monoisotopic (exact) mass is 234 g/mol. The minimum Gasteiger partial charge on any atom is -0.363 e. The van der Waals surface area contributed by atoms with Crippen LogP contribution in [0.3, 0.4) is 0 Å².